The lowest BCUT2D eigenvalue weighted by Crippen LogP contribution is -2.28. The van der Waals surface area contributed by atoms with E-state index in [1.54, 1.807) is 0 Å². The standard InChI is InChI=1S/C30H30N2O2/c1-20-15-16-30-26(17-20)25-11-5-8-14-29(25)32(30)19-22(34-21(2)33)18-31-27-12-6-3-9-23(27)24-10-4-7-13-28(24)31/h3-4,6-7,9-10,12-13,15-17,22H,5,8,11,14,18-19H2,1-2H3. The van der Waals surface area contributed by atoms with Gasteiger partial charge in [-0.3, -0.25) is 4.79 Å². The lowest BCUT2D eigenvalue weighted by atomic mass is 9.95. The largest absolute Gasteiger partial charge is 0.459 e. The van der Waals surface area contributed by atoms with Gasteiger partial charge in [0, 0.05) is 45.3 Å². The van der Waals surface area contributed by atoms with E-state index in [0.29, 0.717) is 13.1 Å². The molecule has 2 heterocycles. The Morgan fingerprint density at radius 3 is 2.15 bits per heavy atom. The Bertz CT molecular complexity index is 1490. The monoisotopic (exact) mass is 450 g/mol. The van der Waals surface area contributed by atoms with Crippen LogP contribution >= 0.6 is 0 Å². The van der Waals surface area contributed by atoms with E-state index in [-0.39, 0.29) is 12.1 Å². The second-order valence-corrected chi connectivity index (χ2v) is 9.64. The molecule has 0 amide bonds. The van der Waals surface area contributed by atoms with Crippen LogP contribution in [0.2, 0.25) is 0 Å². The molecule has 172 valence electrons. The summed E-state index contributed by atoms with van der Waals surface area (Å²) in [5.74, 6) is -0.230. The maximum Gasteiger partial charge on any atom is 0.303 e. The van der Waals surface area contributed by atoms with Gasteiger partial charge in [0.25, 0.3) is 0 Å². The van der Waals surface area contributed by atoms with E-state index < -0.39 is 0 Å². The molecule has 0 spiro atoms. The van der Waals surface area contributed by atoms with Gasteiger partial charge >= 0.3 is 5.97 Å². The van der Waals surface area contributed by atoms with Crippen LogP contribution in [-0.2, 0) is 35.5 Å². The van der Waals surface area contributed by atoms with E-state index in [0.717, 1.165) is 12.8 Å². The first-order valence-corrected chi connectivity index (χ1v) is 12.3. The van der Waals surface area contributed by atoms with Crippen molar-refractivity contribution in [3.8, 4) is 0 Å². The number of ether oxygens (including phenoxy) is 1. The van der Waals surface area contributed by atoms with Gasteiger partial charge in [0.05, 0.1) is 13.1 Å². The molecule has 0 saturated heterocycles. The quantitative estimate of drug-likeness (QED) is 0.284. The SMILES string of the molecule is CC(=O)OC(Cn1c2c(c3cc(C)ccc31)CCCC2)Cn1c2ccccc2c2ccccc21. The summed E-state index contributed by atoms with van der Waals surface area (Å²) in [6.45, 7) is 4.96. The van der Waals surface area contributed by atoms with E-state index in [9.17, 15) is 4.79 Å². The van der Waals surface area contributed by atoms with Crippen LogP contribution in [0.4, 0.5) is 0 Å². The summed E-state index contributed by atoms with van der Waals surface area (Å²) in [6, 6.07) is 23.8. The second kappa shape index (κ2) is 8.35. The summed E-state index contributed by atoms with van der Waals surface area (Å²) >= 11 is 0. The number of aryl methyl sites for hydroxylation is 2. The molecule has 0 bridgehead atoms. The molecule has 0 saturated carbocycles. The fourth-order valence-electron chi connectivity index (χ4n) is 5.93. The molecule has 0 aliphatic heterocycles. The molecule has 4 nitrogen and oxygen atoms in total. The molecular weight excluding hydrogens is 420 g/mol. The van der Waals surface area contributed by atoms with Crippen LogP contribution in [0.1, 0.15) is 36.6 Å². The van der Waals surface area contributed by atoms with E-state index >= 15 is 0 Å². The first-order valence-electron chi connectivity index (χ1n) is 12.3. The minimum atomic E-state index is -0.264. The molecule has 34 heavy (non-hydrogen) atoms. The van der Waals surface area contributed by atoms with Crippen molar-refractivity contribution >= 4 is 38.7 Å². The summed E-state index contributed by atoms with van der Waals surface area (Å²) in [6.07, 6.45) is 4.42. The molecular formula is C30H30N2O2. The van der Waals surface area contributed by atoms with Crippen molar-refractivity contribution in [1.82, 2.24) is 9.13 Å². The van der Waals surface area contributed by atoms with Gasteiger partial charge in [-0.05, 0) is 62.4 Å². The van der Waals surface area contributed by atoms with Crippen LogP contribution in [0.25, 0.3) is 32.7 Å². The number of nitrogens with zero attached hydrogens (tertiary/aromatic N) is 2. The number of fused-ring (bicyclic) bond motifs is 6. The number of benzene rings is 3. The molecule has 1 aliphatic rings. The smallest absolute Gasteiger partial charge is 0.303 e. The summed E-state index contributed by atoms with van der Waals surface area (Å²) < 4.78 is 10.7. The summed E-state index contributed by atoms with van der Waals surface area (Å²) in [5.41, 5.74) is 7.82. The lowest BCUT2D eigenvalue weighted by Gasteiger charge is -2.23. The Morgan fingerprint density at radius 2 is 1.44 bits per heavy atom. The maximum atomic E-state index is 12.2. The molecule has 6 rings (SSSR count). The zero-order valence-electron chi connectivity index (χ0n) is 19.9. The zero-order chi connectivity index (χ0) is 23.2. The second-order valence-electron chi connectivity index (χ2n) is 9.64. The predicted molar refractivity (Wildman–Crippen MR) is 138 cm³/mol. The first kappa shape index (κ1) is 21.0. The molecule has 3 aromatic carbocycles. The average Bonchev–Trinajstić information content (AvgIpc) is 3.32. The minimum Gasteiger partial charge on any atom is -0.459 e. The van der Waals surface area contributed by atoms with E-state index in [2.05, 4.69) is 82.8 Å². The highest BCUT2D eigenvalue weighted by atomic mass is 16.5. The summed E-state index contributed by atoms with van der Waals surface area (Å²) in [5, 5.41) is 3.84. The number of carbonyl (C=O) groups excluding carboxylic acids is 1. The van der Waals surface area contributed by atoms with Gasteiger partial charge in [0.15, 0.2) is 0 Å². The van der Waals surface area contributed by atoms with Crippen molar-refractivity contribution in [2.24, 2.45) is 0 Å². The van der Waals surface area contributed by atoms with Crippen LogP contribution in [0, 0.1) is 6.92 Å². The fraction of sp³-hybridized carbons (Fsp3) is 0.300. The maximum absolute atomic E-state index is 12.2. The van der Waals surface area contributed by atoms with Gasteiger partial charge in [-0.1, -0.05) is 48.0 Å². The predicted octanol–water partition coefficient (Wildman–Crippen LogP) is 6.57. The number of hydrogen-bond donors (Lipinski definition) is 0. The fourth-order valence-corrected chi connectivity index (χ4v) is 5.93. The van der Waals surface area contributed by atoms with Gasteiger partial charge in [0.2, 0.25) is 0 Å². The summed E-state index contributed by atoms with van der Waals surface area (Å²) in [7, 11) is 0. The Labute approximate surface area is 199 Å². The zero-order valence-corrected chi connectivity index (χ0v) is 19.9. The number of para-hydroxylation sites is 2. The molecule has 0 fully saturated rings. The number of aromatic nitrogens is 2. The van der Waals surface area contributed by atoms with Crippen LogP contribution in [0.3, 0.4) is 0 Å². The third-order valence-corrected chi connectivity index (χ3v) is 7.32. The molecule has 5 aromatic rings. The Kier molecular flexibility index (Phi) is 5.17. The molecule has 4 heteroatoms. The van der Waals surface area contributed by atoms with Crippen molar-refractivity contribution in [2.45, 2.75) is 58.7 Å². The molecule has 0 N–H and O–H groups in total. The van der Waals surface area contributed by atoms with Crippen LogP contribution in [-0.4, -0.2) is 21.2 Å². The average molecular weight is 451 g/mol. The van der Waals surface area contributed by atoms with E-state index in [4.69, 9.17) is 4.74 Å². The number of hydrogen-bond acceptors (Lipinski definition) is 2. The van der Waals surface area contributed by atoms with Crippen molar-refractivity contribution in [1.29, 1.82) is 0 Å². The number of rotatable bonds is 5. The Hall–Kier alpha value is -3.53. The van der Waals surface area contributed by atoms with Crippen molar-refractivity contribution in [3.05, 3.63) is 83.6 Å². The van der Waals surface area contributed by atoms with Gasteiger partial charge in [-0.2, -0.15) is 0 Å². The van der Waals surface area contributed by atoms with E-state index in [1.807, 2.05) is 0 Å². The third-order valence-electron chi connectivity index (χ3n) is 7.32. The minimum absolute atomic E-state index is 0.230. The van der Waals surface area contributed by atoms with Crippen molar-refractivity contribution in [3.63, 3.8) is 0 Å². The molecule has 2 aromatic heterocycles. The molecule has 1 aliphatic carbocycles. The molecule has 1 atom stereocenters. The van der Waals surface area contributed by atoms with Crippen LogP contribution in [0.15, 0.2) is 66.7 Å². The molecule has 1 unspecified atom stereocenters. The number of carbonyl (C=O) groups is 1. The normalized spacial score (nSPS) is 14.5. The Morgan fingerprint density at radius 1 is 0.824 bits per heavy atom. The highest BCUT2D eigenvalue weighted by Gasteiger charge is 2.24. The van der Waals surface area contributed by atoms with Gasteiger partial charge in [0.1, 0.15) is 6.10 Å². The highest BCUT2D eigenvalue weighted by Crippen LogP contribution is 2.34. The van der Waals surface area contributed by atoms with Crippen LogP contribution < -0.4 is 0 Å². The van der Waals surface area contributed by atoms with Gasteiger partial charge in [-0.25, -0.2) is 0 Å². The van der Waals surface area contributed by atoms with Crippen molar-refractivity contribution in [2.75, 3.05) is 0 Å². The van der Waals surface area contributed by atoms with Crippen LogP contribution in [0.5, 0.6) is 0 Å². The Balaban J connectivity index is 1.46. The van der Waals surface area contributed by atoms with Gasteiger partial charge in [-0.15, -0.1) is 0 Å². The number of esters is 1. The van der Waals surface area contributed by atoms with E-state index in [1.165, 1.54) is 69.3 Å². The van der Waals surface area contributed by atoms with Gasteiger partial charge < -0.3 is 13.9 Å². The molecule has 0 radical (unpaired) electrons. The lowest BCUT2D eigenvalue weighted by molar-refractivity contribution is -0.147. The topological polar surface area (TPSA) is 36.2 Å². The highest BCUT2D eigenvalue weighted by molar-refractivity contribution is 6.08. The summed E-state index contributed by atoms with van der Waals surface area (Å²) in [4.78, 5) is 12.2. The first-order chi connectivity index (χ1) is 16.6. The third kappa shape index (κ3) is 3.49. The van der Waals surface area contributed by atoms with Crippen molar-refractivity contribution < 1.29 is 9.53 Å².